The van der Waals surface area contributed by atoms with E-state index < -0.39 is 0 Å². The Balaban J connectivity index is 1.61. The molecule has 1 fully saturated rings. The molecule has 1 aliphatic carbocycles. The van der Waals surface area contributed by atoms with E-state index in [1.807, 2.05) is 12.1 Å². The largest absolute Gasteiger partial charge is 0.384 e. The first-order valence-electron chi connectivity index (χ1n) is 6.89. The zero-order chi connectivity index (χ0) is 12.5. The fourth-order valence-electron chi connectivity index (χ4n) is 2.62. The molecule has 0 radical (unpaired) electrons. The van der Waals surface area contributed by atoms with Gasteiger partial charge in [0.1, 0.15) is 0 Å². The number of anilines is 1. The molecule has 0 bridgehead atoms. The van der Waals surface area contributed by atoms with Gasteiger partial charge in [-0.3, -0.25) is 4.79 Å². The lowest BCUT2D eigenvalue weighted by Crippen LogP contribution is -2.29. The standard InChI is InChI=1S/C15H20N2O/c1-10(11-2-3-11)9-17-15(18)13-5-4-12-6-7-16-14(12)8-13/h4-5,8,10-11,16H,2-3,6-7,9H2,1H3,(H,17,18). The van der Waals surface area contributed by atoms with Crippen LogP contribution in [0.25, 0.3) is 0 Å². The van der Waals surface area contributed by atoms with Gasteiger partial charge in [0.25, 0.3) is 5.91 Å². The van der Waals surface area contributed by atoms with Gasteiger partial charge in [0, 0.05) is 24.3 Å². The predicted octanol–water partition coefficient (Wildman–Crippen LogP) is 2.43. The van der Waals surface area contributed by atoms with Crippen molar-refractivity contribution in [1.29, 1.82) is 0 Å². The molecular formula is C15H20N2O. The number of fused-ring (bicyclic) bond motifs is 1. The highest BCUT2D eigenvalue weighted by Gasteiger charge is 2.27. The second-order valence-corrected chi connectivity index (χ2v) is 5.57. The molecule has 18 heavy (non-hydrogen) atoms. The van der Waals surface area contributed by atoms with E-state index in [0.29, 0.717) is 5.92 Å². The smallest absolute Gasteiger partial charge is 0.251 e. The average molecular weight is 244 g/mol. The van der Waals surface area contributed by atoms with Crippen LogP contribution < -0.4 is 10.6 Å². The van der Waals surface area contributed by atoms with Crippen LogP contribution in [0.15, 0.2) is 18.2 Å². The van der Waals surface area contributed by atoms with Crippen molar-refractivity contribution in [3.05, 3.63) is 29.3 Å². The van der Waals surface area contributed by atoms with E-state index in [-0.39, 0.29) is 5.91 Å². The minimum Gasteiger partial charge on any atom is -0.384 e. The number of hydrogen-bond donors (Lipinski definition) is 2. The number of benzene rings is 1. The average Bonchev–Trinajstić information content (AvgIpc) is 3.13. The quantitative estimate of drug-likeness (QED) is 0.854. The summed E-state index contributed by atoms with van der Waals surface area (Å²) in [7, 11) is 0. The van der Waals surface area contributed by atoms with Crippen LogP contribution in [0.3, 0.4) is 0 Å². The molecule has 96 valence electrons. The van der Waals surface area contributed by atoms with Crippen LogP contribution in [0.5, 0.6) is 0 Å². The molecule has 2 N–H and O–H groups in total. The summed E-state index contributed by atoms with van der Waals surface area (Å²) >= 11 is 0. The lowest BCUT2D eigenvalue weighted by Gasteiger charge is -2.12. The molecule has 1 aliphatic heterocycles. The summed E-state index contributed by atoms with van der Waals surface area (Å²) in [5.74, 6) is 1.51. The van der Waals surface area contributed by atoms with Gasteiger partial charge in [-0.2, -0.15) is 0 Å². The maximum Gasteiger partial charge on any atom is 0.251 e. The molecule has 2 aliphatic rings. The molecule has 1 amide bonds. The third-order valence-electron chi connectivity index (χ3n) is 4.09. The highest BCUT2D eigenvalue weighted by molar-refractivity contribution is 5.95. The molecule has 0 aromatic heterocycles. The van der Waals surface area contributed by atoms with Gasteiger partial charge in [0.15, 0.2) is 0 Å². The maximum absolute atomic E-state index is 12.1. The van der Waals surface area contributed by atoms with Crippen LogP contribution in [-0.2, 0) is 6.42 Å². The van der Waals surface area contributed by atoms with E-state index in [4.69, 9.17) is 0 Å². The Hall–Kier alpha value is -1.51. The van der Waals surface area contributed by atoms with Crippen molar-refractivity contribution in [3.8, 4) is 0 Å². The molecule has 1 aromatic carbocycles. The van der Waals surface area contributed by atoms with Crippen LogP contribution in [0.2, 0.25) is 0 Å². The number of rotatable bonds is 4. The molecule has 1 heterocycles. The van der Waals surface area contributed by atoms with Gasteiger partial charge in [-0.25, -0.2) is 0 Å². The van der Waals surface area contributed by atoms with Crippen molar-refractivity contribution >= 4 is 11.6 Å². The Morgan fingerprint density at radius 2 is 2.33 bits per heavy atom. The van der Waals surface area contributed by atoms with Gasteiger partial charge in [-0.05, 0) is 48.8 Å². The lowest BCUT2D eigenvalue weighted by atomic mass is 10.1. The van der Waals surface area contributed by atoms with Crippen molar-refractivity contribution in [1.82, 2.24) is 5.32 Å². The lowest BCUT2D eigenvalue weighted by molar-refractivity contribution is 0.0946. The van der Waals surface area contributed by atoms with Crippen molar-refractivity contribution in [2.24, 2.45) is 11.8 Å². The van der Waals surface area contributed by atoms with Gasteiger partial charge >= 0.3 is 0 Å². The van der Waals surface area contributed by atoms with Crippen molar-refractivity contribution in [2.75, 3.05) is 18.4 Å². The van der Waals surface area contributed by atoms with E-state index >= 15 is 0 Å². The van der Waals surface area contributed by atoms with E-state index in [1.165, 1.54) is 18.4 Å². The molecule has 3 nitrogen and oxygen atoms in total. The van der Waals surface area contributed by atoms with Gasteiger partial charge in [0.05, 0.1) is 0 Å². The summed E-state index contributed by atoms with van der Waals surface area (Å²) in [6, 6.07) is 5.97. The Bertz CT molecular complexity index is 466. The van der Waals surface area contributed by atoms with Crippen LogP contribution in [-0.4, -0.2) is 19.0 Å². The number of amides is 1. The monoisotopic (exact) mass is 244 g/mol. The number of carbonyl (C=O) groups is 1. The molecular weight excluding hydrogens is 224 g/mol. The fraction of sp³-hybridized carbons (Fsp3) is 0.533. The fourth-order valence-corrected chi connectivity index (χ4v) is 2.62. The maximum atomic E-state index is 12.1. The van der Waals surface area contributed by atoms with Crippen LogP contribution in [0.4, 0.5) is 5.69 Å². The molecule has 1 atom stereocenters. The summed E-state index contributed by atoms with van der Waals surface area (Å²) in [6.45, 7) is 4.01. The Labute approximate surface area is 108 Å². The van der Waals surface area contributed by atoms with Gasteiger partial charge < -0.3 is 10.6 Å². The first-order valence-corrected chi connectivity index (χ1v) is 6.89. The summed E-state index contributed by atoms with van der Waals surface area (Å²) in [4.78, 5) is 12.1. The minimum absolute atomic E-state index is 0.0546. The number of hydrogen-bond acceptors (Lipinski definition) is 2. The minimum atomic E-state index is 0.0546. The number of carbonyl (C=O) groups excluding carboxylic acids is 1. The normalized spacial score (nSPS) is 18.9. The topological polar surface area (TPSA) is 41.1 Å². The summed E-state index contributed by atoms with van der Waals surface area (Å²) in [5, 5.41) is 6.35. The summed E-state index contributed by atoms with van der Waals surface area (Å²) in [6.07, 6.45) is 3.73. The number of nitrogens with one attached hydrogen (secondary N) is 2. The van der Waals surface area contributed by atoms with E-state index in [9.17, 15) is 4.79 Å². The zero-order valence-electron chi connectivity index (χ0n) is 10.8. The van der Waals surface area contributed by atoms with E-state index in [2.05, 4.69) is 23.6 Å². The highest BCUT2D eigenvalue weighted by Crippen LogP contribution is 2.36. The predicted molar refractivity (Wildman–Crippen MR) is 72.9 cm³/mol. The van der Waals surface area contributed by atoms with Crippen molar-refractivity contribution in [3.63, 3.8) is 0 Å². The van der Waals surface area contributed by atoms with Crippen molar-refractivity contribution in [2.45, 2.75) is 26.2 Å². The first-order chi connectivity index (χ1) is 8.74. The molecule has 1 saturated carbocycles. The van der Waals surface area contributed by atoms with Crippen LogP contribution >= 0.6 is 0 Å². The third-order valence-corrected chi connectivity index (χ3v) is 4.09. The van der Waals surface area contributed by atoms with Crippen LogP contribution in [0.1, 0.15) is 35.7 Å². The highest BCUT2D eigenvalue weighted by atomic mass is 16.1. The molecule has 1 aromatic rings. The van der Waals surface area contributed by atoms with Gasteiger partial charge in [0.2, 0.25) is 0 Å². The first kappa shape index (κ1) is 11.6. The van der Waals surface area contributed by atoms with Gasteiger partial charge in [-0.15, -0.1) is 0 Å². The van der Waals surface area contributed by atoms with E-state index in [0.717, 1.165) is 36.7 Å². The molecule has 1 unspecified atom stereocenters. The molecule has 3 heteroatoms. The molecule has 3 rings (SSSR count). The summed E-state index contributed by atoms with van der Waals surface area (Å²) < 4.78 is 0. The second kappa shape index (κ2) is 4.63. The third kappa shape index (κ3) is 2.35. The van der Waals surface area contributed by atoms with Crippen molar-refractivity contribution < 1.29 is 4.79 Å². The Morgan fingerprint density at radius 3 is 3.11 bits per heavy atom. The summed E-state index contributed by atoms with van der Waals surface area (Å²) in [5.41, 5.74) is 3.21. The SMILES string of the molecule is CC(CNC(=O)c1ccc2c(c1)NCC2)C1CC1. The van der Waals surface area contributed by atoms with Crippen LogP contribution in [0, 0.1) is 11.8 Å². The second-order valence-electron chi connectivity index (χ2n) is 5.57. The Morgan fingerprint density at radius 1 is 1.50 bits per heavy atom. The molecule has 0 spiro atoms. The van der Waals surface area contributed by atoms with Gasteiger partial charge in [-0.1, -0.05) is 13.0 Å². The zero-order valence-corrected chi connectivity index (χ0v) is 10.8. The Kier molecular flexibility index (Phi) is 2.98. The molecule has 0 saturated heterocycles. The van der Waals surface area contributed by atoms with E-state index in [1.54, 1.807) is 0 Å².